The third kappa shape index (κ3) is 5.12. The summed E-state index contributed by atoms with van der Waals surface area (Å²) in [5.74, 6) is -1.84. The van der Waals surface area contributed by atoms with E-state index in [9.17, 15) is 18.0 Å². The molecular weight excluding hydrogens is 471 g/mol. The van der Waals surface area contributed by atoms with Crippen molar-refractivity contribution in [1.29, 1.82) is 0 Å². The average Bonchev–Trinajstić information content (AvgIpc) is 3.38. The second kappa shape index (κ2) is 9.63. The first-order valence-electron chi connectivity index (χ1n) is 12.4. The second-order valence-electron chi connectivity index (χ2n) is 9.98. The third-order valence-electron chi connectivity index (χ3n) is 7.34. The van der Waals surface area contributed by atoms with E-state index < -0.39 is 18.0 Å². The minimum atomic E-state index is -4.17. The minimum absolute atomic E-state index is 0.0340. The lowest BCUT2D eigenvalue weighted by atomic mass is 9.82. The Kier molecular flexibility index (Phi) is 6.53. The summed E-state index contributed by atoms with van der Waals surface area (Å²) in [5, 5.41) is 12.8. The number of nitrogens with zero attached hydrogens (tertiary/aromatic N) is 3. The Bertz CT molecular complexity index is 1270. The highest BCUT2D eigenvalue weighted by Gasteiger charge is 2.56. The third-order valence-corrected chi connectivity index (χ3v) is 7.34. The topological polar surface area (TPSA) is 84.3 Å². The van der Waals surface area contributed by atoms with Gasteiger partial charge in [0.2, 0.25) is 0 Å². The number of aromatic amines is 1. The normalized spacial score (nSPS) is 24.6. The predicted octanol–water partition coefficient (Wildman–Crippen LogP) is 5.12. The van der Waals surface area contributed by atoms with Gasteiger partial charge < -0.3 is 15.1 Å². The molecule has 2 aliphatic carbocycles. The molecule has 10 heteroatoms. The van der Waals surface area contributed by atoms with Crippen LogP contribution < -0.4 is 5.32 Å². The van der Waals surface area contributed by atoms with E-state index in [1.807, 2.05) is 37.3 Å². The average molecular weight is 502 g/mol. The maximum atomic E-state index is 13.1. The van der Waals surface area contributed by atoms with Crippen LogP contribution in [0.5, 0.6) is 0 Å². The number of benzene rings is 1. The zero-order valence-electron chi connectivity index (χ0n) is 20.3. The number of para-hydroxylation sites is 1. The molecule has 3 aromatic rings. The van der Waals surface area contributed by atoms with Gasteiger partial charge >= 0.3 is 6.18 Å². The summed E-state index contributed by atoms with van der Waals surface area (Å²) in [7, 11) is 1.80. The summed E-state index contributed by atoms with van der Waals surface area (Å²) < 4.78 is 40.1. The lowest BCUT2D eigenvalue weighted by Crippen LogP contribution is -2.39. The highest BCUT2D eigenvalue weighted by atomic mass is 19.4. The number of nitrogens with one attached hydrogen (secondary N) is 2. The number of fused-ring (bicyclic) bond motifs is 1. The standard InChI is InChI=1S/C26H30F3N5O2/c1-15-23(19-5-3-4-6-21(19)30-15)25(35)31-18-9-7-16(8-10-18)24(22-11-12-34(2)32-22)33-36-14-17-13-20(17)26(27,28)29/h3-6,11-12,16-18,20,30H,7-10,13-14H2,1-2H3,(H,31,35)/b33-24-. The molecule has 2 aromatic heterocycles. The molecule has 2 atom stereocenters. The number of halogens is 3. The van der Waals surface area contributed by atoms with Crippen molar-refractivity contribution in [3.8, 4) is 0 Å². The van der Waals surface area contributed by atoms with Crippen LogP contribution in [0.1, 0.15) is 53.8 Å². The van der Waals surface area contributed by atoms with Crippen molar-refractivity contribution >= 4 is 22.5 Å². The zero-order valence-corrected chi connectivity index (χ0v) is 20.3. The molecule has 2 N–H and O–H groups in total. The molecule has 0 saturated heterocycles. The van der Waals surface area contributed by atoms with Crippen LogP contribution in [0.25, 0.3) is 10.9 Å². The van der Waals surface area contributed by atoms with Crippen molar-refractivity contribution in [1.82, 2.24) is 20.1 Å². The van der Waals surface area contributed by atoms with Crippen LogP contribution in [0, 0.1) is 24.7 Å². The van der Waals surface area contributed by atoms with Crippen LogP contribution in [0.4, 0.5) is 13.2 Å². The fourth-order valence-electron chi connectivity index (χ4n) is 5.26. The summed E-state index contributed by atoms with van der Waals surface area (Å²) in [6.07, 6.45) is 0.802. The van der Waals surface area contributed by atoms with E-state index in [0.717, 1.165) is 42.3 Å². The van der Waals surface area contributed by atoms with Crippen LogP contribution in [0.3, 0.4) is 0 Å². The van der Waals surface area contributed by atoms with Crippen molar-refractivity contribution in [3.63, 3.8) is 0 Å². The quantitative estimate of drug-likeness (QED) is 0.348. The lowest BCUT2D eigenvalue weighted by molar-refractivity contribution is -0.152. The number of oxime groups is 1. The molecule has 1 amide bonds. The van der Waals surface area contributed by atoms with Crippen LogP contribution >= 0.6 is 0 Å². The van der Waals surface area contributed by atoms with Crippen LogP contribution in [-0.2, 0) is 11.9 Å². The van der Waals surface area contributed by atoms with Gasteiger partial charge in [-0.1, -0.05) is 23.4 Å². The van der Waals surface area contributed by atoms with Crippen LogP contribution in [-0.4, -0.2) is 45.2 Å². The summed E-state index contributed by atoms with van der Waals surface area (Å²) in [5.41, 5.74) is 3.79. The molecule has 0 bridgehead atoms. The van der Waals surface area contributed by atoms with Gasteiger partial charge in [0.1, 0.15) is 18.0 Å². The number of amides is 1. The molecule has 2 saturated carbocycles. The number of hydrogen-bond donors (Lipinski definition) is 2. The second-order valence-corrected chi connectivity index (χ2v) is 9.98. The lowest BCUT2D eigenvalue weighted by Gasteiger charge is -2.29. The van der Waals surface area contributed by atoms with Gasteiger partial charge in [-0.25, -0.2) is 0 Å². The molecule has 7 nitrogen and oxygen atoms in total. The molecule has 1 aromatic carbocycles. The fraction of sp³-hybridized carbons (Fsp3) is 0.500. The minimum Gasteiger partial charge on any atom is -0.395 e. The number of rotatable bonds is 7. The van der Waals surface area contributed by atoms with E-state index >= 15 is 0 Å². The fourth-order valence-corrected chi connectivity index (χ4v) is 5.26. The van der Waals surface area contributed by atoms with Crippen LogP contribution in [0.2, 0.25) is 0 Å². The Morgan fingerprint density at radius 1 is 1.22 bits per heavy atom. The van der Waals surface area contributed by atoms with Gasteiger partial charge in [-0.3, -0.25) is 9.48 Å². The number of alkyl halides is 3. The first-order chi connectivity index (χ1) is 17.2. The molecule has 2 aliphatic rings. The molecule has 36 heavy (non-hydrogen) atoms. The van der Waals surface area contributed by atoms with E-state index in [1.165, 1.54) is 0 Å². The largest absolute Gasteiger partial charge is 0.395 e. The first kappa shape index (κ1) is 24.4. The number of H-pyrrole nitrogens is 1. The smallest absolute Gasteiger partial charge is 0.392 e. The number of aromatic nitrogens is 3. The van der Waals surface area contributed by atoms with Crippen molar-refractivity contribution < 1.29 is 22.8 Å². The van der Waals surface area contributed by atoms with Gasteiger partial charge in [-0.15, -0.1) is 0 Å². The molecule has 2 fully saturated rings. The van der Waals surface area contributed by atoms with Crippen molar-refractivity contribution in [2.45, 2.75) is 51.2 Å². The van der Waals surface area contributed by atoms with E-state index in [1.54, 1.807) is 17.9 Å². The molecular formula is C26H30F3N5O2. The predicted molar refractivity (Wildman–Crippen MR) is 130 cm³/mol. The maximum Gasteiger partial charge on any atom is 0.392 e. The maximum absolute atomic E-state index is 13.1. The van der Waals surface area contributed by atoms with Crippen molar-refractivity contribution in [3.05, 3.63) is 53.5 Å². The highest BCUT2D eigenvalue weighted by Crippen LogP contribution is 2.50. The summed E-state index contributed by atoms with van der Waals surface area (Å²) in [6, 6.07) is 9.63. The monoisotopic (exact) mass is 501 g/mol. The van der Waals surface area contributed by atoms with E-state index in [-0.39, 0.29) is 30.9 Å². The number of carbonyl (C=O) groups is 1. The summed E-state index contributed by atoms with van der Waals surface area (Å²) >= 11 is 0. The van der Waals surface area contributed by atoms with Gasteiger partial charge in [0.05, 0.1) is 11.5 Å². The van der Waals surface area contributed by atoms with E-state index in [4.69, 9.17) is 4.84 Å². The molecule has 5 rings (SSSR count). The van der Waals surface area contributed by atoms with Gasteiger partial charge in [-0.2, -0.15) is 18.3 Å². The van der Waals surface area contributed by atoms with E-state index in [0.29, 0.717) is 17.0 Å². The van der Waals surface area contributed by atoms with Crippen molar-refractivity contribution in [2.24, 2.45) is 30.0 Å². The molecule has 0 radical (unpaired) electrons. The van der Waals surface area contributed by atoms with Gasteiger partial charge in [0.25, 0.3) is 5.91 Å². The van der Waals surface area contributed by atoms with Crippen LogP contribution in [0.15, 0.2) is 41.7 Å². The number of hydrogen-bond acceptors (Lipinski definition) is 4. The van der Waals surface area contributed by atoms with Gasteiger partial charge in [-0.05, 0) is 51.2 Å². The van der Waals surface area contributed by atoms with E-state index in [2.05, 4.69) is 20.6 Å². The molecule has 2 unspecified atom stereocenters. The molecule has 0 spiro atoms. The van der Waals surface area contributed by atoms with Crippen molar-refractivity contribution in [2.75, 3.05) is 6.61 Å². The number of aryl methyl sites for hydroxylation is 2. The zero-order chi connectivity index (χ0) is 25.4. The SMILES string of the molecule is Cc1[nH]c2ccccc2c1C(=O)NC1CCC(/C(=N/OCC2CC2C(F)(F)F)c2ccn(C)n2)CC1. The molecule has 192 valence electrons. The van der Waals surface area contributed by atoms with Gasteiger partial charge in [0.15, 0.2) is 0 Å². The number of carbonyl (C=O) groups excluding carboxylic acids is 1. The Labute approximate surface area is 207 Å². The van der Waals surface area contributed by atoms with Gasteiger partial charge in [0, 0.05) is 47.7 Å². The Morgan fingerprint density at radius 2 is 1.97 bits per heavy atom. The summed E-state index contributed by atoms with van der Waals surface area (Å²) in [6.45, 7) is 1.86. The Hall–Kier alpha value is -3.30. The Morgan fingerprint density at radius 3 is 2.64 bits per heavy atom. The molecule has 0 aliphatic heterocycles. The Balaban J connectivity index is 1.21. The highest BCUT2D eigenvalue weighted by molar-refractivity contribution is 6.08. The molecule has 2 heterocycles. The summed E-state index contributed by atoms with van der Waals surface area (Å²) in [4.78, 5) is 21.8. The first-order valence-corrected chi connectivity index (χ1v) is 12.4.